The average Bonchev–Trinajstić information content (AvgIpc) is 2.68. The molecular weight excluding hydrogens is 260 g/mol. The van der Waals surface area contributed by atoms with Crippen molar-refractivity contribution in [1.82, 2.24) is 9.97 Å². The zero-order chi connectivity index (χ0) is 11.5. The molecule has 0 unspecified atom stereocenters. The van der Waals surface area contributed by atoms with Gasteiger partial charge in [-0.05, 0) is 17.9 Å². The third-order valence-corrected chi connectivity index (χ3v) is 4.01. The van der Waals surface area contributed by atoms with E-state index in [1.165, 1.54) is 0 Å². The Morgan fingerprint density at radius 1 is 1.56 bits per heavy atom. The maximum atomic E-state index is 6.13. The van der Waals surface area contributed by atoms with E-state index in [1.54, 1.807) is 17.7 Å². The van der Waals surface area contributed by atoms with E-state index in [0.29, 0.717) is 4.64 Å². The molecule has 2 heterocycles. The standard InChI is InChI=1S/C11H11ClN2S2/c1-2-3-7-9(13-6-14-11(7)15)10-8(12)4-5-16-10/h4-6H,2-3H2,1H3,(H,13,14,15). The molecule has 0 fully saturated rings. The molecule has 0 amide bonds. The van der Waals surface area contributed by atoms with Crippen molar-refractivity contribution >= 4 is 35.2 Å². The van der Waals surface area contributed by atoms with Gasteiger partial charge >= 0.3 is 0 Å². The van der Waals surface area contributed by atoms with Gasteiger partial charge in [-0.25, -0.2) is 4.98 Å². The Bertz CT molecular complexity index is 545. The van der Waals surface area contributed by atoms with Gasteiger partial charge in [0.2, 0.25) is 0 Å². The summed E-state index contributed by atoms with van der Waals surface area (Å²) in [6.07, 6.45) is 3.60. The molecule has 0 aliphatic heterocycles. The molecule has 0 radical (unpaired) electrons. The second kappa shape index (κ2) is 5.08. The van der Waals surface area contributed by atoms with Crippen molar-refractivity contribution in [3.05, 3.63) is 33.0 Å². The van der Waals surface area contributed by atoms with Crippen molar-refractivity contribution < 1.29 is 0 Å². The molecule has 2 aromatic rings. The number of H-pyrrole nitrogens is 1. The largest absolute Gasteiger partial charge is 0.345 e. The highest BCUT2D eigenvalue weighted by molar-refractivity contribution is 7.71. The van der Waals surface area contributed by atoms with Crippen LogP contribution in [0.3, 0.4) is 0 Å². The fourth-order valence-electron chi connectivity index (χ4n) is 1.58. The quantitative estimate of drug-likeness (QED) is 0.834. The first-order chi connectivity index (χ1) is 7.74. The molecule has 0 aromatic carbocycles. The maximum absolute atomic E-state index is 6.13. The highest BCUT2D eigenvalue weighted by atomic mass is 35.5. The number of hydrogen-bond acceptors (Lipinski definition) is 3. The summed E-state index contributed by atoms with van der Waals surface area (Å²) >= 11 is 13.0. The van der Waals surface area contributed by atoms with Gasteiger partial charge in [0.1, 0.15) is 4.64 Å². The number of rotatable bonds is 3. The van der Waals surface area contributed by atoms with Crippen LogP contribution in [0, 0.1) is 4.64 Å². The van der Waals surface area contributed by atoms with E-state index in [2.05, 4.69) is 16.9 Å². The van der Waals surface area contributed by atoms with E-state index in [1.807, 2.05) is 11.4 Å². The SMILES string of the molecule is CCCc1c(-c2sccc2Cl)[nH]cnc1=S. The molecule has 2 rings (SSSR count). The van der Waals surface area contributed by atoms with Crippen LogP contribution in [0.15, 0.2) is 17.8 Å². The molecule has 16 heavy (non-hydrogen) atoms. The van der Waals surface area contributed by atoms with Gasteiger partial charge in [0.15, 0.2) is 0 Å². The fourth-order valence-corrected chi connectivity index (χ4v) is 3.03. The Morgan fingerprint density at radius 2 is 2.38 bits per heavy atom. The molecule has 0 spiro atoms. The molecule has 0 aliphatic carbocycles. The molecule has 2 aromatic heterocycles. The number of aromatic amines is 1. The van der Waals surface area contributed by atoms with Crippen LogP contribution in [-0.2, 0) is 6.42 Å². The summed E-state index contributed by atoms with van der Waals surface area (Å²) in [6.45, 7) is 2.13. The number of nitrogens with one attached hydrogen (secondary N) is 1. The smallest absolute Gasteiger partial charge is 0.133 e. The second-order valence-corrected chi connectivity index (χ2v) is 5.12. The van der Waals surface area contributed by atoms with Crippen molar-refractivity contribution in [1.29, 1.82) is 0 Å². The average molecular weight is 271 g/mol. The zero-order valence-electron chi connectivity index (χ0n) is 8.79. The summed E-state index contributed by atoms with van der Waals surface area (Å²) in [5.74, 6) is 0. The van der Waals surface area contributed by atoms with Gasteiger partial charge in [0.05, 0.1) is 21.9 Å². The van der Waals surface area contributed by atoms with E-state index in [9.17, 15) is 0 Å². The van der Waals surface area contributed by atoms with Gasteiger partial charge in [-0.1, -0.05) is 37.2 Å². The van der Waals surface area contributed by atoms with Crippen LogP contribution in [0.4, 0.5) is 0 Å². The summed E-state index contributed by atoms with van der Waals surface area (Å²) in [5.41, 5.74) is 2.10. The van der Waals surface area contributed by atoms with Crippen molar-refractivity contribution in [3.8, 4) is 10.6 Å². The highest BCUT2D eigenvalue weighted by Crippen LogP contribution is 2.34. The molecular formula is C11H11ClN2S2. The van der Waals surface area contributed by atoms with Crippen LogP contribution >= 0.6 is 35.2 Å². The molecule has 0 atom stereocenters. The maximum Gasteiger partial charge on any atom is 0.133 e. The summed E-state index contributed by atoms with van der Waals surface area (Å²) in [4.78, 5) is 8.31. The van der Waals surface area contributed by atoms with Gasteiger partial charge in [0, 0.05) is 5.56 Å². The van der Waals surface area contributed by atoms with Crippen LogP contribution in [0.5, 0.6) is 0 Å². The van der Waals surface area contributed by atoms with Gasteiger partial charge in [-0.15, -0.1) is 11.3 Å². The first-order valence-corrected chi connectivity index (χ1v) is 6.70. The Balaban J connectivity index is 2.61. The molecule has 2 nitrogen and oxygen atoms in total. The molecule has 0 bridgehead atoms. The molecule has 1 N–H and O–H groups in total. The Morgan fingerprint density at radius 3 is 3.00 bits per heavy atom. The normalized spacial score (nSPS) is 10.6. The minimum absolute atomic E-state index is 0.667. The van der Waals surface area contributed by atoms with Crippen molar-refractivity contribution in [2.45, 2.75) is 19.8 Å². The van der Waals surface area contributed by atoms with Crippen LogP contribution < -0.4 is 0 Å². The topological polar surface area (TPSA) is 28.7 Å². The Hall–Kier alpha value is -0.710. The highest BCUT2D eigenvalue weighted by Gasteiger charge is 2.11. The van der Waals surface area contributed by atoms with Crippen LogP contribution in [0.2, 0.25) is 5.02 Å². The number of thiophene rings is 1. The van der Waals surface area contributed by atoms with E-state index in [-0.39, 0.29) is 0 Å². The van der Waals surface area contributed by atoms with Gasteiger partial charge < -0.3 is 4.98 Å². The monoisotopic (exact) mass is 270 g/mol. The van der Waals surface area contributed by atoms with Crippen molar-refractivity contribution in [3.63, 3.8) is 0 Å². The van der Waals surface area contributed by atoms with Gasteiger partial charge in [0.25, 0.3) is 0 Å². The predicted molar refractivity (Wildman–Crippen MR) is 71.7 cm³/mol. The van der Waals surface area contributed by atoms with Gasteiger partial charge in [-0.2, -0.15) is 0 Å². The number of aromatic nitrogens is 2. The number of nitrogens with zero attached hydrogens (tertiary/aromatic N) is 1. The molecule has 0 saturated carbocycles. The Kier molecular flexibility index (Phi) is 3.74. The van der Waals surface area contributed by atoms with Crippen molar-refractivity contribution in [2.24, 2.45) is 0 Å². The molecule has 0 aliphatic rings. The third-order valence-electron chi connectivity index (χ3n) is 2.29. The lowest BCUT2D eigenvalue weighted by Crippen LogP contribution is -1.95. The summed E-state index contributed by atoms with van der Waals surface area (Å²) < 4.78 is 0.667. The van der Waals surface area contributed by atoms with Crippen LogP contribution in [0.25, 0.3) is 10.6 Å². The molecule has 5 heteroatoms. The van der Waals surface area contributed by atoms with Crippen LogP contribution in [0.1, 0.15) is 18.9 Å². The van der Waals surface area contributed by atoms with E-state index in [0.717, 1.165) is 34.0 Å². The van der Waals surface area contributed by atoms with Gasteiger partial charge in [-0.3, -0.25) is 0 Å². The minimum atomic E-state index is 0.667. The lowest BCUT2D eigenvalue weighted by Gasteiger charge is -2.06. The van der Waals surface area contributed by atoms with E-state index >= 15 is 0 Å². The Labute approximate surface area is 108 Å². The summed E-state index contributed by atoms with van der Waals surface area (Å²) in [7, 11) is 0. The lowest BCUT2D eigenvalue weighted by molar-refractivity contribution is 0.899. The summed E-state index contributed by atoms with van der Waals surface area (Å²) in [6, 6.07) is 1.90. The minimum Gasteiger partial charge on any atom is -0.345 e. The predicted octanol–water partition coefficient (Wildman–Crippen LogP) is 4.47. The second-order valence-electron chi connectivity index (χ2n) is 3.41. The lowest BCUT2D eigenvalue weighted by atomic mass is 10.1. The van der Waals surface area contributed by atoms with E-state index in [4.69, 9.17) is 23.8 Å². The zero-order valence-corrected chi connectivity index (χ0v) is 11.2. The third kappa shape index (κ3) is 2.19. The first-order valence-electron chi connectivity index (χ1n) is 5.04. The summed E-state index contributed by atoms with van der Waals surface area (Å²) in [5, 5.41) is 2.74. The number of halogens is 1. The molecule has 84 valence electrons. The van der Waals surface area contributed by atoms with Crippen molar-refractivity contribution in [2.75, 3.05) is 0 Å². The first kappa shape index (κ1) is 11.8. The number of hydrogen-bond donors (Lipinski definition) is 1. The molecule has 0 saturated heterocycles. The van der Waals surface area contributed by atoms with Crippen LogP contribution in [-0.4, -0.2) is 9.97 Å². The fraction of sp³-hybridized carbons (Fsp3) is 0.273. The van der Waals surface area contributed by atoms with E-state index < -0.39 is 0 Å².